The van der Waals surface area contributed by atoms with Gasteiger partial charge >= 0.3 is 0 Å². The molecule has 4 heteroatoms. The third-order valence-electron chi connectivity index (χ3n) is 6.62. The van der Waals surface area contributed by atoms with Crippen LogP contribution in [-0.4, -0.2) is 54.6 Å². The predicted octanol–water partition coefficient (Wildman–Crippen LogP) is 3.46. The fourth-order valence-corrected chi connectivity index (χ4v) is 4.91. The quantitative estimate of drug-likeness (QED) is 0.828. The lowest BCUT2D eigenvalue weighted by Crippen LogP contribution is -2.52. The summed E-state index contributed by atoms with van der Waals surface area (Å²) in [6, 6.07) is 10.4. The zero-order chi connectivity index (χ0) is 17.8. The van der Waals surface area contributed by atoms with Crippen molar-refractivity contribution in [1.29, 1.82) is 0 Å². The summed E-state index contributed by atoms with van der Waals surface area (Å²) in [6.07, 6.45) is 8.45. The highest BCUT2D eigenvalue weighted by Gasteiger charge is 2.41. The van der Waals surface area contributed by atoms with Gasteiger partial charge in [0.05, 0.1) is 6.10 Å². The first-order valence-corrected chi connectivity index (χ1v) is 10.4. The number of likely N-dealkylation sites (tertiary alicyclic amines) is 2. The number of amides is 1. The van der Waals surface area contributed by atoms with Gasteiger partial charge in [0.15, 0.2) is 0 Å². The van der Waals surface area contributed by atoms with Crippen molar-refractivity contribution < 1.29 is 9.53 Å². The second kappa shape index (κ2) is 8.10. The van der Waals surface area contributed by atoms with E-state index in [1.165, 1.54) is 37.7 Å². The van der Waals surface area contributed by atoms with Gasteiger partial charge in [0.25, 0.3) is 0 Å². The van der Waals surface area contributed by atoms with E-state index in [9.17, 15) is 4.79 Å². The van der Waals surface area contributed by atoms with Gasteiger partial charge in [0.2, 0.25) is 5.91 Å². The molecule has 0 aliphatic carbocycles. The van der Waals surface area contributed by atoms with Crippen molar-refractivity contribution in [3.05, 3.63) is 35.9 Å². The summed E-state index contributed by atoms with van der Waals surface area (Å²) in [6.45, 7) is 6.07. The number of hydrogen-bond acceptors (Lipinski definition) is 3. The van der Waals surface area contributed by atoms with Gasteiger partial charge in [-0.2, -0.15) is 0 Å². The van der Waals surface area contributed by atoms with Gasteiger partial charge in [-0.05, 0) is 62.6 Å². The molecule has 1 aromatic carbocycles. The average molecular weight is 357 g/mol. The van der Waals surface area contributed by atoms with Crippen molar-refractivity contribution in [2.75, 3.05) is 32.8 Å². The maximum atomic E-state index is 12.5. The van der Waals surface area contributed by atoms with Crippen molar-refractivity contribution in [3.63, 3.8) is 0 Å². The molecule has 1 aromatic rings. The highest BCUT2D eigenvalue weighted by atomic mass is 16.5. The van der Waals surface area contributed by atoms with E-state index in [1.54, 1.807) is 0 Å². The maximum Gasteiger partial charge on any atom is 0.222 e. The topological polar surface area (TPSA) is 32.8 Å². The first-order chi connectivity index (χ1) is 12.7. The van der Waals surface area contributed by atoms with Crippen molar-refractivity contribution in [3.8, 4) is 0 Å². The largest absolute Gasteiger partial charge is 0.377 e. The van der Waals surface area contributed by atoms with Crippen LogP contribution in [-0.2, 0) is 16.1 Å². The predicted molar refractivity (Wildman–Crippen MR) is 103 cm³/mol. The Kier molecular flexibility index (Phi) is 5.60. The molecule has 26 heavy (non-hydrogen) atoms. The third-order valence-corrected chi connectivity index (χ3v) is 6.62. The molecule has 0 radical (unpaired) electrons. The van der Waals surface area contributed by atoms with Crippen LogP contribution in [0.15, 0.2) is 30.3 Å². The minimum atomic E-state index is 0.331. The highest BCUT2D eigenvalue weighted by Crippen LogP contribution is 2.40. The summed E-state index contributed by atoms with van der Waals surface area (Å²) in [5.41, 5.74) is 1.58. The van der Waals surface area contributed by atoms with E-state index in [2.05, 4.69) is 34.1 Å². The molecule has 1 amide bonds. The minimum Gasteiger partial charge on any atom is -0.377 e. The monoisotopic (exact) mass is 356 g/mol. The van der Waals surface area contributed by atoms with Gasteiger partial charge in [-0.15, -0.1) is 0 Å². The molecule has 3 heterocycles. The molecule has 3 saturated heterocycles. The number of nitrogens with zero attached hydrogens (tertiary/aromatic N) is 2. The Balaban J connectivity index is 1.32. The first-order valence-electron chi connectivity index (χ1n) is 10.4. The van der Waals surface area contributed by atoms with Crippen LogP contribution in [0, 0.1) is 5.41 Å². The van der Waals surface area contributed by atoms with Crippen molar-refractivity contribution in [2.24, 2.45) is 5.41 Å². The van der Waals surface area contributed by atoms with Crippen LogP contribution in [0.25, 0.3) is 0 Å². The molecule has 142 valence electrons. The van der Waals surface area contributed by atoms with E-state index in [0.29, 0.717) is 17.4 Å². The molecular weight excluding hydrogens is 324 g/mol. The van der Waals surface area contributed by atoms with E-state index in [4.69, 9.17) is 4.74 Å². The second-order valence-corrected chi connectivity index (χ2v) is 8.52. The molecule has 0 N–H and O–H groups in total. The Bertz CT molecular complexity index is 589. The lowest BCUT2D eigenvalue weighted by atomic mass is 9.72. The van der Waals surface area contributed by atoms with E-state index >= 15 is 0 Å². The normalized spacial score (nSPS) is 27.0. The number of ether oxygens (including phenoxy) is 1. The van der Waals surface area contributed by atoms with Crippen LogP contribution >= 0.6 is 0 Å². The molecule has 3 aliphatic heterocycles. The summed E-state index contributed by atoms with van der Waals surface area (Å²) in [5.74, 6) is 0.331. The van der Waals surface area contributed by atoms with Crippen molar-refractivity contribution in [1.82, 2.24) is 9.80 Å². The zero-order valence-electron chi connectivity index (χ0n) is 15.9. The Morgan fingerprint density at radius 2 is 1.88 bits per heavy atom. The number of hydrogen-bond donors (Lipinski definition) is 0. The Morgan fingerprint density at radius 3 is 2.62 bits per heavy atom. The first kappa shape index (κ1) is 18.0. The van der Waals surface area contributed by atoms with E-state index in [1.807, 2.05) is 6.07 Å². The van der Waals surface area contributed by atoms with Crippen LogP contribution in [0.4, 0.5) is 0 Å². The molecule has 4 nitrogen and oxygen atoms in total. The lowest BCUT2D eigenvalue weighted by molar-refractivity contribution is -0.140. The van der Waals surface area contributed by atoms with Crippen LogP contribution in [0.3, 0.4) is 0 Å². The van der Waals surface area contributed by atoms with Crippen LogP contribution in [0.2, 0.25) is 0 Å². The summed E-state index contributed by atoms with van der Waals surface area (Å²) < 4.78 is 5.92. The van der Waals surface area contributed by atoms with Crippen LogP contribution in [0.1, 0.15) is 50.5 Å². The molecule has 3 aliphatic rings. The standard InChI is InChI=1S/C22H32N2O2/c25-21-9-10-22(18-24(21)16-19-6-2-1-3-7-19)11-13-23(14-12-22)17-20-8-4-5-15-26-20/h1-3,6-7,20H,4-5,8-18H2/t20-/m1/s1. The van der Waals surface area contributed by atoms with E-state index in [0.717, 1.165) is 52.2 Å². The number of carbonyl (C=O) groups is 1. The molecule has 0 saturated carbocycles. The maximum absolute atomic E-state index is 12.5. The molecule has 0 aromatic heterocycles. The average Bonchev–Trinajstić information content (AvgIpc) is 2.69. The van der Waals surface area contributed by atoms with E-state index in [-0.39, 0.29) is 0 Å². The molecule has 3 fully saturated rings. The molecule has 4 rings (SSSR count). The Labute approximate surface area is 157 Å². The van der Waals surface area contributed by atoms with Crippen molar-refractivity contribution in [2.45, 2.75) is 57.6 Å². The number of piperidine rings is 2. The third kappa shape index (κ3) is 4.29. The van der Waals surface area contributed by atoms with E-state index < -0.39 is 0 Å². The Hall–Kier alpha value is -1.39. The van der Waals surface area contributed by atoms with Crippen molar-refractivity contribution >= 4 is 5.91 Å². The van der Waals surface area contributed by atoms with Gasteiger partial charge in [-0.25, -0.2) is 0 Å². The fourth-order valence-electron chi connectivity index (χ4n) is 4.91. The van der Waals surface area contributed by atoms with Crippen LogP contribution < -0.4 is 0 Å². The molecule has 1 atom stereocenters. The summed E-state index contributed by atoms with van der Waals surface area (Å²) in [7, 11) is 0. The van der Waals surface area contributed by atoms with Gasteiger partial charge < -0.3 is 14.5 Å². The van der Waals surface area contributed by atoms with Gasteiger partial charge in [0.1, 0.15) is 0 Å². The summed E-state index contributed by atoms with van der Waals surface area (Å²) >= 11 is 0. The number of benzene rings is 1. The smallest absolute Gasteiger partial charge is 0.222 e. The van der Waals surface area contributed by atoms with Gasteiger partial charge in [0, 0.05) is 32.7 Å². The lowest BCUT2D eigenvalue weighted by Gasteiger charge is -2.48. The highest BCUT2D eigenvalue weighted by molar-refractivity contribution is 5.77. The van der Waals surface area contributed by atoms with Gasteiger partial charge in [-0.1, -0.05) is 30.3 Å². The second-order valence-electron chi connectivity index (χ2n) is 8.52. The number of rotatable bonds is 4. The molecule has 0 bridgehead atoms. The number of carbonyl (C=O) groups excluding carboxylic acids is 1. The zero-order valence-corrected chi connectivity index (χ0v) is 15.9. The van der Waals surface area contributed by atoms with Crippen LogP contribution in [0.5, 0.6) is 0 Å². The minimum absolute atomic E-state index is 0.331. The molecule has 0 unspecified atom stereocenters. The fraction of sp³-hybridized carbons (Fsp3) is 0.682. The molecular formula is C22H32N2O2. The summed E-state index contributed by atoms with van der Waals surface area (Å²) in [5, 5.41) is 0. The SMILES string of the molecule is O=C1CCC2(CCN(C[C@H]3CCCCO3)CC2)CN1Cc1ccccc1. The summed E-state index contributed by atoms with van der Waals surface area (Å²) in [4.78, 5) is 17.2. The van der Waals surface area contributed by atoms with Gasteiger partial charge in [-0.3, -0.25) is 4.79 Å². The molecule has 1 spiro atoms. The Morgan fingerprint density at radius 1 is 1.08 bits per heavy atom.